The summed E-state index contributed by atoms with van der Waals surface area (Å²) in [7, 11) is 0. The molecule has 0 N–H and O–H groups in total. The summed E-state index contributed by atoms with van der Waals surface area (Å²) in [6.45, 7) is 8.69. The van der Waals surface area contributed by atoms with E-state index in [0.717, 1.165) is 6.04 Å². The molecular weight excluding hydrogens is 146 g/mol. The first-order valence-corrected chi connectivity index (χ1v) is 5.23. The van der Waals surface area contributed by atoms with Crippen molar-refractivity contribution in [2.75, 3.05) is 13.1 Å². The van der Waals surface area contributed by atoms with Crippen LogP contribution in [0.3, 0.4) is 0 Å². The predicted octanol–water partition coefficient (Wildman–Crippen LogP) is 2.83. The smallest absolute Gasteiger partial charge is 0.0130 e. The van der Waals surface area contributed by atoms with Gasteiger partial charge in [0.1, 0.15) is 0 Å². The predicted molar refractivity (Wildman–Crippen MR) is 54.3 cm³/mol. The molecule has 70 valence electrons. The Morgan fingerprint density at radius 1 is 1.58 bits per heavy atom. The Hall–Kier alpha value is -0.300. The van der Waals surface area contributed by atoms with Gasteiger partial charge in [0.05, 0.1) is 0 Å². The van der Waals surface area contributed by atoms with Gasteiger partial charge in [0, 0.05) is 6.04 Å². The van der Waals surface area contributed by atoms with Crippen molar-refractivity contribution in [2.45, 2.75) is 45.1 Å². The number of unbranched alkanes of at least 4 members (excludes halogenated alkanes) is 1. The number of nitrogens with zero attached hydrogens (tertiary/aromatic N) is 1. The first kappa shape index (κ1) is 9.79. The number of rotatable bonds is 5. The molecule has 1 atom stereocenters. The molecular formula is C11H21N. The Morgan fingerprint density at radius 3 is 3.08 bits per heavy atom. The zero-order valence-corrected chi connectivity index (χ0v) is 8.26. The van der Waals surface area contributed by atoms with Crippen LogP contribution in [0.15, 0.2) is 12.7 Å². The molecule has 0 spiro atoms. The van der Waals surface area contributed by atoms with E-state index in [1.54, 1.807) is 0 Å². The minimum atomic E-state index is 0.814. The second-order valence-electron chi connectivity index (χ2n) is 3.71. The first-order valence-electron chi connectivity index (χ1n) is 5.23. The maximum atomic E-state index is 3.81. The highest BCUT2D eigenvalue weighted by molar-refractivity contribution is 4.84. The summed E-state index contributed by atoms with van der Waals surface area (Å²) in [5.74, 6) is 0. The fourth-order valence-corrected chi connectivity index (χ4v) is 2.01. The highest BCUT2D eigenvalue weighted by Crippen LogP contribution is 2.20. The lowest BCUT2D eigenvalue weighted by molar-refractivity contribution is 0.251. The minimum Gasteiger partial charge on any atom is -0.300 e. The summed E-state index contributed by atoms with van der Waals surface area (Å²) in [6, 6.07) is 0.814. The van der Waals surface area contributed by atoms with Crippen molar-refractivity contribution in [3.8, 4) is 0 Å². The van der Waals surface area contributed by atoms with Crippen LogP contribution in [0.2, 0.25) is 0 Å². The van der Waals surface area contributed by atoms with Gasteiger partial charge in [-0.25, -0.2) is 0 Å². The molecule has 0 aliphatic carbocycles. The highest BCUT2D eigenvalue weighted by Gasteiger charge is 2.21. The molecule has 1 heteroatoms. The van der Waals surface area contributed by atoms with Crippen LogP contribution in [-0.2, 0) is 0 Å². The molecule has 1 rings (SSSR count). The van der Waals surface area contributed by atoms with Crippen molar-refractivity contribution >= 4 is 0 Å². The summed E-state index contributed by atoms with van der Waals surface area (Å²) >= 11 is 0. The molecule has 1 aliphatic rings. The van der Waals surface area contributed by atoms with Crippen LogP contribution in [0.4, 0.5) is 0 Å². The molecule has 1 aliphatic heterocycles. The van der Waals surface area contributed by atoms with E-state index >= 15 is 0 Å². The van der Waals surface area contributed by atoms with Crippen molar-refractivity contribution in [3.05, 3.63) is 12.7 Å². The zero-order chi connectivity index (χ0) is 8.81. The monoisotopic (exact) mass is 167 g/mol. The molecule has 12 heavy (non-hydrogen) atoms. The largest absolute Gasteiger partial charge is 0.300 e. The summed E-state index contributed by atoms with van der Waals surface area (Å²) < 4.78 is 0. The SMILES string of the molecule is C=CCC1CCCN1CCCC. The van der Waals surface area contributed by atoms with Crippen LogP contribution in [0.25, 0.3) is 0 Å². The Balaban J connectivity index is 2.25. The highest BCUT2D eigenvalue weighted by atomic mass is 15.2. The van der Waals surface area contributed by atoms with Crippen LogP contribution < -0.4 is 0 Å². The Morgan fingerprint density at radius 2 is 2.42 bits per heavy atom. The molecule has 0 saturated carbocycles. The van der Waals surface area contributed by atoms with Gasteiger partial charge in [-0.15, -0.1) is 6.58 Å². The van der Waals surface area contributed by atoms with Gasteiger partial charge in [0.25, 0.3) is 0 Å². The Bertz CT molecular complexity index is 131. The first-order chi connectivity index (χ1) is 5.88. The molecule has 0 aromatic rings. The van der Waals surface area contributed by atoms with Gasteiger partial charge in [-0.3, -0.25) is 0 Å². The van der Waals surface area contributed by atoms with Crippen LogP contribution in [0.1, 0.15) is 39.0 Å². The van der Waals surface area contributed by atoms with Crippen molar-refractivity contribution in [1.82, 2.24) is 4.90 Å². The maximum Gasteiger partial charge on any atom is 0.0130 e. The molecule has 0 amide bonds. The van der Waals surface area contributed by atoms with E-state index in [-0.39, 0.29) is 0 Å². The molecule has 0 radical (unpaired) electrons. The van der Waals surface area contributed by atoms with Gasteiger partial charge in [-0.1, -0.05) is 19.4 Å². The lowest BCUT2D eigenvalue weighted by Gasteiger charge is -2.22. The van der Waals surface area contributed by atoms with E-state index in [0.29, 0.717) is 0 Å². The third-order valence-corrected chi connectivity index (χ3v) is 2.74. The van der Waals surface area contributed by atoms with Crippen LogP contribution in [0.5, 0.6) is 0 Å². The topological polar surface area (TPSA) is 3.24 Å². The van der Waals surface area contributed by atoms with Gasteiger partial charge in [-0.2, -0.15) is 0 Å². The second kappa shape index (κ2) is 5.36. The number of hydrogen-bond donors (Lipinski definition) is 0. The molecule has 0 aromatic carbocycles. The molecule has 1 saturated heterocycles. The van der Waals surface area contributed by atoms with Gasteiger partial charge in [0.2, 0.25) is 0 Å². The summed E-state index contributed by atoms with van der Waals surface area (Å²) in [6.07, 6.45) is 8.70. The van der Waals surface area contributed by atoms with Crippen molar-refractivity contribution in [2.24, 2.45) is 0 Å². The third kappa shape index (κ3) is 2.63. The fraction of sp³-hybridized carbons (Fsp3) is 0.818. The van der Waals surface area contributed by atoms with Crippen LogP contribution in [0, 0.1) is 0 Å². The van der Waals surface area contributed by atoms with E-state index in [1.165, 1.54) is 45.2 Å². The Labute approximate surface area is 76.5 Å². The Kier molecular flexibility index (Phi) is 4.37. The number of likely N-dealkylation sites (tertiary alicyclic amines) is 1. The van der Waals surface area contributed by atoms with Gasteiger partial charge < -0.3 is 4.90 Å². The average molecular weight is 167 g/mol. The molecule has 1 nitrogen and oxygen atoms in total. The maximum absolute atomic E-state index is 3.81. The zero-order valence-electron chi connectivity index (χ0n) is 8.26. The summed E-state index contributed by atoms with van der Waals surface area (Å²) in [4.78, 5) is 2.63. The standard InChI is InChI=1S/C11H21N/c1-3-5-9-12-10-6-8-11(12)7-4-2/h4,11H,2-3,5-10H2,1H3. The normalized spacial score (nSPS) is 24.6. The van der Waals surface area contributed by atoms with Gasteiger partial charge in [0.15, 0.2) is 0 Å². The molecule has 1 unspecified atom stereocenters. The summed E-state index contributed by atoms with van der Waals surface area (Å²) in [5.41, 5.74) is 0. The summed E-state index contributed by atoms with van der Waals surface area (Å²) in [5, 5.41) is 0. The van der Waals surface area contributed by atoms with E-state index in [9.17, 15) is 0 Å². The van der Waals surface area contributed by atoms with Gasteiger partial charge in [-0.05, 0) is 38.8 Å². The van der Waals surface area contributed by atoms with E-state index in [1.807, 2.05) is 0 Å². The molecule has 1 heterocycles. The van der Waals surface area contributed by atoms with Crippen LogP contribution in [-0.4, -0.2) is 24.0 Å². The quantitative estimate of drug-likeness (QED) is 0.569. The minimum absolute atomic E-state index is 0.814. The average Bonchev–Trinajstić information content (AvgIpc) is 2.50. The van der Waals surface area contributed by atoms with Gasteiger partial charge >= 0.3 is 0 Å². The van der Waals surface area contributed by atoms with E-state index in [4.69, 9.17) is 0 Å². The van der Waals surface area contributed by atoms with Crippen molar-refractivity contribution < 1.29 is 0 Å². The van der Waals surface area contributed by atoms with E-state index < -0.39 is 0 Å². The number of hydrogen-bond acceptors (Lipinski definition) is 1. The lowest BCUT2D eigenvalue weighted by atomic mass is 10.1. The molecule has 0 aromatic heterocycles. The van der Waals surface area contributed by atoms with Crippen LogP contribution >= 0.6 is 0 Å². The lowest BCUT2D eigenvalue weighted by Crippen LogP contribution is -2.29. The molecule has 0 bridgehead atoms. The van der Waals surface area contributed by atoms with Crippen molar-refractivity contribution in [3.63, 3.8) is 0 Å². The molecule has 1 fully saturated rings. The third-order valence-electron chi connectivity index (χ3n) is 2.74. The second-order valence-corrected chi connectivity index (χ2v) is 3.71. The fourth-order valence-electron chi connectivity index (χ4n) is 2.01. The van der Waals surface area contributed by atoms with E-state index in [2.05, 4.69) is 24.5 Å². The van der Waals surface area contributed by atoms with Crippen molar-refractivity contribution in [1.29, 1.82) is 0 Å².